The van der Waals surface area contributed by atoms with Crippen LogP contribution in [-0.4, -0.2) is 38.1 Å². The molecule has 0 aromatic heterocycles. The lowest BCUT2D eigenvalue weighted by atomic mass is 9.98. The summed E-state index contributed by atoms with van der Waals surface area (Å²) in [5, 5.41) is 7.23. The maximum absolute atomic E-state index is 12.3. The van der Waals surface area contributed by atoms with Crippen molar-refractivity contribution in [1.29, 1.82) is 0 Å². The molecule has 0 radical (unpaired) electrons. The minimum absolute atomic E-state index is 0.0672. The zero-order valence-corrected chi connectivity index (χ0v) is 15.6. The van der Waals surface area contributed by atoms with Gasteiger partial charge in [-0.3, -0.25) is 4.79 Å². The van der Waals surface area contributed by atoms with E-state index in [2.05, 4.69) is 28.8 Å². The summed E-state index contributed by atoms with van der Waals surface area (Å²) < 4.78 is 0. The van der Waals surface area contributed by atoms with Crippen LogP contribution in [-0.2, 0) is 11.2 Å². The maximum atomic E-state index is 12.3. The van der Waals surface area contributed by atoms with Crippen molar-refractivity contribution in [2.24, 2.45) is 11.8 Å². The summed E-state index contributed by atoms with van der Waals surface area (Å²) in [5.41, 5.74) is 3.96. The third-order valence-electron chi connectivity index (χ3n) is 6.11. The minimum atomic E-state index is 0.0672. The van der Waals surface area contributed by atoms with Crippen molar-refractivity contribution in [2.75, 3.05) is 31.1 Å². The van der Waals surface area contributed by atoms with E-state index in [1.54, 1.807) is 0 Å². The van der Waals surface area contributed by atoms with Crippen molar-refractivity contribution >= 4 is 11.6 Å². The average molecular weight is 341 g/mol. The first-order chi connectivity index (χ1) is 12.1. The van der Waals surface area contributed by atoms with E-state index < -0.39 is 0 Å². The van der Waals surface area contributed by atoms with E-state index in [4.69, 9.17) is 0 Å². The summed E-state index contributed by atoms with van der Waals surface area (Å²) in [4.78, 5) is 14.3. The molecule has 2 unspecified atom stereocenters. The number of rotatable bonds is 5. The van der Waals surface area contributed by atoms with Crippen LogP contribution >= 0.6 is 0 Å². The van der Waals surface area contributed by atoms with Crippen LogP contribution in [0.4, 0.5) is 5.69 Å². The van der Waals surface area contributed by atoms with Gasteiger partial charge < -0.3 is 15.5 Å². The molecule has 2 aliphatic heterocycles. The SMILES string of the molecule is CC(C)C(=O)N1CCc2cc(C3CC3NCC3CCNCC3)ccc21. The van der Waals surface area contributed by atoms with Gasteiger partial charge in [0.25, 0.3) is 0 Å². The van der Waals surface area contributed by atoms with E-state index in [1.807, 2.05) is 18.7 Å². The molecule has 4 nitrogen and oxygen atoms in total. The number of nitrogens with one attached hydrogen (secondary N) is 2. The highest BCUT2D eigenvalue weighted by atomic mass is 16.2. The number of nitrogens with zero attached hydrogens (tertiary/aromatic N) is 1. The Morgan fingerprint density at radius 3 is 2.88 bits per heavy atom. The molecular formula is C21H31N3O. The normalized spacial score (nSPS) is 26.1. The first-order valence-corrected chi connectivity index (χ1v) is 10.0. The van der Waals surface area contributed by atoms with Crippen molar-refractivity contribution in [3.05, 3.63) is 29.3 Å². The Hall–Kier alpha value is -1.39. The second-order valence-electron chi connectivity index (χ2n) is 8.33. The standard InChI is InChI=1S/C21H31N3O/c1-14(2)21(25)24-10-7-17-11-16(3-4-20(17)24)18-12-19(18)23-13-15-5-8-22-9-6-15/h3-4,11,14-15,18-19,22-23H,5-10,12-13H2,1-2H3. The van der Waals surface area contributed by atoms with E-state index in [9.17, 15) is 4.79 Å². The first kappa shape index (κ1) is 17.0. The highest BCUT2D eigenvalue weighted by molar-refractivity contribution is 5.96. The Morgan fingerprint density at radius 1 is 1.32 bits per heavy atom. The topological polar surface area (TPSA) is 44.4 Å². The molecule has 1 saturated heterocycles. The van der Waals surface area contributed by atoms with Crippen LogP contribution in [0.25, 0.3) is 0 Å². The molecule has 1 amide bonds. The number of hydrogen-bond donors (Lipinski definition) is 2. The van der Waals surface area contributed by atoms with Gasteiger partial charge in [-0.1, -0.05) is 26.0 Å². The number of benzene rings is 1. The molecule has 136 valence electrons. The van der Waals surface area contributed by atoms with Crippen molar-refractivity contribution in [3.63, 3.8) is 0 Å². The van der Waals surface area contributed by atoms with Gasteiger partial charge in [0.1, 0.15) is 0 Å². The van der Waals surface area contributed by atoms with Crippen LogP contribution in [0.15, 0.2) is 18.2 Å². The zero-order chi connectivity index (χ0) is 17.4. The second-order valence-corrected chi connectivity index (χ2v) is 8.33. The van der Waals surface area contributed by atoms with Crippen molar-refractivity contribution in [2.45, 2.75) is 51.5 Å². The molecule has 2 N–H and O–H groups in total. The number of carbonyl (C=O) groups excluding carboxylic acids is 1. The molecule has 1 saturated carbocycles. The Bertz CT molecular complexity index is 636. The van der Waals surface area contributed by atoms with Gasteiger partial charge in [-0.2, -0.15) is 0 Å². The molecule has 1 aliphatic carbocycles. The van der Waals surface area contributed by atoms with Crippen molar-refractivity contribution in [3.8, 4) is 0 Å². The summed E-state index contributed by atoms with van der Waals surface area (Å²) in [5.74, 6) is 1.83. The molecule has 25 heavy (non-hydrogen) atoms. The molecular weight excluding hydrogens is 310 g/mol. The van der Waals surface area contributed by atoms with Gasteiger partial charge in [0.05, 0.1) is 0 Å². The number of anilines is 1. The van der Waals surface area contributed by atoms with E-state index in [0.29, 0.717) is 12.0 Å². The van der Waals surface area contributed by atoms with Crippen LogP contribution < -0.4 is 15.5 Å². The molecule has 2 atom stereocenters. The van der Waals surface area contributed by atoms with Crippen molar-refractivity contribution in [1.82, 2.24) is 10.6 Å². The van der Waals surface area contributed by atoms with Crippen LogP contribution in [0.5, 0.6) is 0 Å². The lowest BCUT2D eigenvalue weighted by Crippen LogP contribution is -2.34. The van der Waals surface area contributed by atoms with E-state index in [0.717, 1.165) is 24.6 Å². The predicted octanol–water partition coefficient (Wildman–Crippen LogP) is 2.68. The summed E-state index contributed by atoms with van der Waals surface area (Å²) in [6, 6.07) is 7.45. The molecule has 4 rings (SSSR count). The number of amides is 1. The minimum Gasteiger partial charge on any atom is -0.317 e. The fraction of sp³-hybridized carbons (Fsp3) is 0.667. The Labute approximate surface area is 151 Å². The Kier molecular flexibility index (Phi) is 4.83. The van der Waals surface area contributed by atoms with E-state index >= 15 is 0 Å². The Morgan fingerprint density at radius 2 is 2.12 bits per heavy atom. The zero-order valence-electron chi connectivity index (χ0n) is 15.6. The second kappa shape index (κ2) is 7.08. The lowest BCUT2D eigenvalue weighted by Gasteiger charge is -2.23. The molecule has 2 heterocycles. The fourth-order valence-corrected chi connectivity index (χ4v) is 4.39. The number of fused-ring (bicyclic) bond motifs is 1. The van der Waals surface area contributed by atoms with Crippen LogP contribution in [0.2, 0.25) is 0 Å². The Balaban J connectivity index is 1.35. The highest BCUT2D eigenvalue weighted by Crippen LogP contribution is 2.43. The van der Waals surface area contributed by atoms with Gasteiger partial charge in [0.15, 0.2) is 0 Å². The van der Waals surface area contributed by atoms with Gasteiger partial charge >= 0.3 is 0 Å². The number of piperidine rings is 1. The predicted molar refractivity (Wildman–Crippen MR) is 102 cm³/mol. The molecule has 0 bridgehead atoms. The van der Waals surface area contributed by atoms with Gasteiger partial charge in [-0.15, -0.1) is 0 Å². The summed E-state index contributed by atoms with van der Waals surface area (Å²) in [6.45, 7) is 8.34. The largest absolute Gasteiger partial charge is 0.317 e. The average Bonchev–Trinajstić information content (AvgIpc) is 3.29. The quantitative estimate of drug-likeness (QED) is 0.865. The van der Waals surface area contributed by atoms with E-state index in [-0.39, 0.29) is 11.8 Å². The van der Waals surface area contributed by atoms with Crippen LogP contribution in [0.1, 0.15) is 50.2 Å². The number of carbonyl (C=O) groups is 1. The van der Waals surface area contributed by atoms with Crippen molar-refractivity contribution < 1.29 is 4.79 Å². The maximum Gasteiger partial charge on any atom is 0.229 e. The van der Waals surface area contributed by atoms with Gasteiger partial charge in [0, 0.05) is 30.1 Å². The van der Waals surface area contributed by atoms with Crippen LogP contribution in [0.3, 0.4) is 0 Å². The smallest absolute Gasteiger partial charge is 0.229 e. The molecule has 2 fully saturated rings. The summed E-state index contributed by atoms with van der Waals surface area (Å²) in [6.07, 6.45) is 4.88. The lowest BCUT2D eigenvalue weighted by molar-refractivity contribution is -0.121. The van der Waals surface area contributed by atoms with Gasteiger partial charge in [-0.05, 0) is 68.4 Å². The monoisotopic (exact) mass is 341 g/mol. The summed E-state index contributed by atoms with van der Waals surface area (Å²) in [7, 11) is 0. The number of hydrogen-bond acceptors (Lipinski definition) is 3. The van der Waals surface area contributed by atoms with Gasteiger partial charge in [-0.25, -0.2) is 0 Å². The third kappa shape index (κ3) is 3.61. The molecule has 1 aromatic carbocycles. The van der Waals surface area contributed by atoms with Crippen LogP contribution in [0, 0.1) is 11.8 Å². The molecule has 4 heteroatoms. The molecule has 0 spiro atoms. The first-order valence-electron chi connectivity index (χ1n) is 10.0. The highest BCUT2D eigenvalue weighted by Gasteiger charge is 2.39. The molecule has 3 aliphatic rings. The van der Waals surface area contributed by atoms with Gasteiger partial charge in [0.2, 0.25) is 5.91 Å². The summed E-state index contributed by atoms with van der Waals surface area (Å²) >= 11 is 0. The van der Waals surface area contributed by atoms with E-state index in [1.165, 1.54) is 50.0 Å². The molecule has 1 aromatic rings. The third-order valence-corrected chi connectivity index (χ3v) is 6.11. The fourth-order valence-electron chi connectivity index (χ4n) is 4.39.